The number of benzene rings is 1. The molecule has 19 heavy (non-hydrogen) atoms. The Labute approximate surface area is 116 Å². The molecule has 0 saturated carbocycles. The van der Waals surface area contributed by atoms with Gasteiger partial charge < -0.3 is 15.6 Å². The molecular weight excluding hydrogens is 240 g/mol. The lowest BCUT2D eigenvalue weighted by atomic mass is 10.00. The molecule has 1 aromatic rings. The number of ether oxygens (including phenoxy) is 1. The third kappa shape index (κ3) is 4.11. The van der Waals surface area contributed by atoms with Crippen LogP contribution in [-0.4, -0.2) is 35.4 Å². The number of phenolic OH excluding ortho intramolecular Hbond substituents is 1. The van der Waals surface area contributed by atoms with Gasteiger partial charge in [-0.2, -0.15) is 0 Å². The average Bonchev–Trinajstić information content (AvgIpc) is 2.34. The van der Waals surface area contributed by atoms with Crippen molar-refractivity contribution in [3.63, 3.8) is 0 Å². The van der Waals surface area contributed by atoms with E-state index in [1.54, 1.807) is 6.07 Å². The molecule has 1 unspecified atom stereocenters. The van der Waals surface area contributed by atoms with Crippen molar-refractivity contribution in [1.82, 2.24) is 4.90 Å². The summed E-state index contributed by atoms with van der Waals surface area (Å²) >= 11 is 0. The predicted octanol–water partition coefficient (Wildman–Crippen LogP) is 2.35. The number of likely N-dealkylation sites (N-methyl/N-ethyl adjacent to an activating group) is 1. The second-order valence-corrected chi connectivity index (χ2v) is 4.94. The van der Waals surface area contributed by atoms with E-state index in [2.05, 4.69) is 18.7 Å². The van der Waals surface area contributed by atoms with Gasteiger partial charge in [-0.1, -0.05) is 19.9 Å². The number of hydrogen-bond acceptors (Lipinski definition) is 4. The molecule has 4 nitrogen and oxygen atoms in total. The Bertz CT molecular complexity index is 401. The van der Waals surface area contributed by atoms with Gasteiger partial charge in [-0.3, -0.25) is 4.90 Å². The zero-order chi connectivity index (χ0) is 14.5. The van der Waals surface area contributed by atoms with Crippen molar-refractivity contribution < 1.29 is 9.84 Å². The smallest absolute Gasteiger partial charge is 0.161 e. The standard InChI is InChI=1S/C15H26N2O2/c1-5-17(6-2)15(4,16)11-12-8-9-13(18)14(10-12)19-7-3/h8-10,18H,5-7,11,16H2,1-4H3. The van der Waals surface area contributed by atoms with Crippen LogP contribution in [0.5, 0.6) is 11.5 Å². The van der Waals surface area contributed by atoms with Gasteiger partial charge in [0.15, 0.2) is 11.5 Å². The first-order valence-electron chi connectivity index (χ1n) is 6.93. The molecule has 0 radical (unpaired) electrons. The fourth-order valence-electron chi connectivity index (χ4n) is 2.41. The topological polar surface area (TPSA) is 58.7 Å². The van der Waals surface area contributed by atoms with Crippen LogP contribution in [0.15, 0.2) is 18.2 Å². The molecule has 0 saturated heterocycles. The van der Waals surface area contributed by atoms with Crippen LogP contribution in [0.25, 0.3) is 0 Å². The average molecular weight is 266 g/mol. The SMILES string of the molecule is CCOc1cc(CC(C)(N)N(CC)CC)ccc1O. The quantitative estimate of drug-likeness (QED) is 0.744. The number of rotatable bonds is 7. The van der Waals surface area contributed by atoms with E-state index in [1.165, 1.54) is 0 Å². The molecule has 0 heterocycles. The molecule has 0 bridgehead atoms. The molecule has 4 heteroatoms. The van der Waals surface area contributed by atoms with E-state index in [9.17, 15) is 5.11 Å². The predicted molar refractivity (Wildman–Crippen MR) is 78.5 cm³/mol. The Balaban J connectivity index is 2.89. The third-order valence-electron chi connectivity index (χ3n) is 3.37. The summed E-state index contributed by atoms with van der Waals surface area (Å²) in [6, 6.07) is 5.43. The van der Waals surface area contributed by atoms with E-state index in [4.69, 9.17) is 10.5 Å². The zero-order valence-corrected chi connectivity index (χ0v) is 12.4. The lowest BCUT2D eigenvalue weighted by molar-refractivity contribution is 0.123. The van der Waals surface area contributed by atoms with E-state index >= 15 is 0 Å². The van der Waals surface area contributed by atoms with Crippen LogP contribution in [0, 0.1) is 0 Å². The molecule has 0 aromatic heterocycles. The highest BCUT2D eigenvalue weighted by atomic mass is 16.5. The van der Waals surface area contributed by atoms with Crippen LogP contribution in [-0.2, 0) is 6.42 Å². The summed E-state index contributed by atoms with van der Waals surface area (Å²) in [5.41, 5.74) is 7.07. The van der Waals surface area contributed by atoms with Gasteiger partial charge in [0.1, 0.15) is 0 Å². The first kappa shape index (κ1) is 15.8. The highest BCUT2D eigenvalue weighted by Gasteiger charge is 2.25. The van der Waals surface area contributed by atoms with Crippen molar-refractivity contribution in [2.45, 2.75) is 39.8 Å². The van der Waals surface area contributed by atoms with Gasteiger partial charge in [-0.25, -0.2) is 0 Å². The second-order valence-electron chi connectivity index (χ2n) is 4.94. The van der Waals surface area contributed by atoms with Crippen LogP contribution in [0.1, 0.15) is 33.3 Å². The molecule has 0 aliphatic carbocycles. The van der Waals surface area contributed by atoms with Crippen molar-refractivity contribution in [1.29, 1.82) is 0 Å². The van der Waals surface area contributed by atoms with Gasteiger partial charge >= 0.3 is 0 Å². The fourth-order valence-corrected chi connectivity index (χ4v) is 2.41. The van der Waals surface area contributed by atoms with Gasteiger partial charge in [-0.15, -0.1) is 0 Å². The molecule has 0 aliphatic heterocycles. The van der Waals surface area contributed by atoms with Crippen molar-refractivity contribution >= 4 is 0 Å². The van der Waals surface area contributed by atoms with Crippen LogP contribution < -0.4 is 10.5 Å². The van der Waals surface area contributed by atoms with Crippen LogP contribution >= 0.6 is 0 Å². The molecular formula is C15H26N2O2. The number of hydrogen-bond donors (Lipinski definition) is 2. The van der Waals surface area contributed by atoms with E-state index in [0.717, 1.165) is 25.1 Å². The first-order chi connectivity index (χ1) is 8.94. The maximum absolute atomic E-state index is 9.70. The maximum atomic E-state index is 9.70. The summed E-state index contributed by atoms with van der Waals surface area (Å²) in [5.74, 6) is 0.697. The van der Waals surface area contributed by atoms with E-state index < -0.39 is 5.66 Å². The summed E-state index contributed by atoms with van der Waals surface area (Å²) in [5, 5.41) is 9.70. The number of nitrogens with two attached hydrogens (primary N) is 1. The minimum absolute atomic E-state index is 0.173. The Morgan fingerprint density at radius 1 is 1.26 bits per heavy atom. The van der Waals surface area contributed by atoms with E-state index in [1.807, 2.05) is 26.0 Å². The van der Waals surface area contributed by atoms with Gasteiger partial charge in [0.05, 0.1) is 12.3 Å². The molecule has 3 N–H and O–H groups in total. The van der Waals surface area contributed by atoms with Gasteiger partial charge in [0.25, 0.3) is 0 Å². The summed E-state index contributed by atoms with van der Waals surface area (Å²) < 4.78 is 5.40. The minimum atomic E-state index is -0.399. The van der Waals surface area contributed by atoms with E-state index in [-0.39, 0.29) is 5.75 Å². The molecule has 1 rings (SSSR count). The van der Waals surface area contributed by atoms with Crippen molar-refractivity contribution in [3.05, 3.63) is 23.8 Å². The van der Waals surface area contributed by atoms with Gasteiger partial charge in [0.2, 0.25) is 0 Å². The molecule has 108 valence electrons. The molecule has 0 amide bonds. The lowest BCUT2D eigenvalue weighted by Crippen LogP contribution is -2.55. The fraction of sp³-hybridized carbons (Fsp3) is 0.600. The second kappa shape index (κ2) is 6.78. The summed E-state index contributed by atoms with van der Waals surface area (Å²) in [6.45, 7) is 10.5. The molecule has 1 aromatic carbocycles. The van der Waals surface area contributed by atoms with Crippen molar-refractivity contribution in [2.24, 2.45) is 5.73 Å². The Morgan fingerprint density at radius 3 is 2.42 bits per heavy atom. The number of aromatic hydroxyl groups is 1. The first-order valence-corrected chi connectivity index (χ1v) is 6.93. The van der Waals surface area contributed by atoms with Crippen LogP contribution in [0.3, 0.4) is 0 Å². The molecule has 0 spiro atoms. The monoisotopic (exact) mass is 266 g/mol. The normalized spacial score (nSPS) is 14.4. The maximum Gasteiger partial charge on any atom is 0.161 e. The third-order valence-corrected chi connectivity index (χ3v) is 3.37. The van der Waals surface area contributed by atoms with Crippen LogP contribution in [0.2, 0.25) is 0 Å². The highest BCUT2D eigenvalue weighted by Crippen LogP contribution is 2.28. The lowest BCUT2D eigenvalue weighted by Gasteiger charge is -2.37. The highest BCUT2D eigenvalue weighted by molar-refractivity contribution is 5.42. The Hall–Kier alpha value is -1.26. The summed E-state index contributed by atoms with van der Waals surface area (Å²) in [7, 11) is 0. The Morgan fingerprint density at radius 2 is 1.89 bits per heavy atom. The molecule has 1 atom stereocenters. The zero-order valence-electron chi connectivity index (χ0n) is 12.4. The Kier molecular flexibility index (Phi) is 5.63. The number of nitrogens with zero attached hydrogens (tertiary/aromatic N) is 1. The van der Waals surface area contributed by atoms with Crippen molar-refractivity contribution in [3.8, 4) is 11.5 Å². The number of phenols is 1. The van der Waals surface area contributed by atoms with Gasteiger partial charge in [0, 0.05) is 6.42 Å². The van der Waals surface area contributed by atoms with Gasteiger partial charge in [-0.05, 0) is 44.6 Å². The van der Waals surface area contributed by atoms with E-state index in [0.29, 0.717) is 12.4 Å². The molecule has 0 aliphatic rings. The van der Waals surface area contributed by atoms with Crippen molar-refractivity contribution in [2.75, 3.05) is 19.7 Å². The summed E-state index contributed by atoms with van der Waals surface area (Å²) in [4.78, 5) is 2.22. The largest absolute Gasteiger partial charge is 0.504 e. The summed E-state index contributed by atoms with van der Waals surface area (Å²) in [6.07, 6.45) is 0.717. The van der Waals surface area contributed by atoms with Crippen LogP contribution in [0.4, 0.5) is 0 Å². The molecule has 0 fully saturated rings. The minimum Gasteiger partial charge on any atom is -0.504 e.